The SMILES string of the molecule is CCC(C)c1ccc(OCC(=O)NNC(=S)NC(=O)c2cccc(Cl)c2)cc1. The lowest BCUT2D eigenvalue weighted by Crippen LogP contribution is -2.49. The molecule has 0 saturated heterocycles. The van der Waals surface area contributed by atoms with Gasteiger partial charge in [-0.1, -0.05) is 43.6 Å². The summed E-state index contributed by atoms with van der Waals surface area (Å²) in [5.41, 5.74) is 6.39. The molecule has 2 aromatic carbocycles. The van der Waals surface area contributed by atoms with Crippen LogP contribution in [-0.2, 0) is 4.79 Å². The highest BCUT2D eigenvalue weighted by Crippen LogP contribution is 2.21. The number of hydrazine groups is 1. The van der Waals surface area contributed by atoms with Crippen LogP contribution in [0.3, 0.4) is 0 Å². The lowest BCUT2D eigenvalue weighted by Gasteiger charge is -2.12. The average Bonchev–Trinajstić information content (AvgIpc) is 2.70. The summed E-state index contributed by atoms with van der Waals surface area (Å²) in [6, 6.07) is 14.1. The number of carbonyl (C=O) groups is 2. The number of carbonyl (C=O) groups excluding carboxylic acids is 2. The molecule has 0 aliphatic carbocycles. The molecule has 0 aliphatic heterocycles. The molecule has 2 amide bonds. The maximum absolute atomic E-state index is 12.0. The smallest absolute Gasteiger partial charge is 0.276 e. The van der Waals surface area contributed by atoms with Gasteiger partial charge in [-0.15, -0.1) is 0 Å². The second-order valence-electron chi connectivity index (χ2n) is 6.13. The van der Waals surface area contributed by atoms with Crippen molar-refractivity contribution >= 4 is 40.7 Å². The van der Waals surface area contributed by atoms with Crippen LogP contribution in [0.15, 0.2) is 48.5 Å². The maximum atomic E-state index is 12.0. The molecule has 0 spiro atoms. The highest BCUT2D eigenvalue weighted by atomic mass is 35.5. The number of hydrogen-bond donors (Lipinski definition) is 3. The van der Waals surface area contributed by atoms with E-state index in [0.717, 1.165) is 6.42 Å². The van der Waals surface area contributed by atoms with E-state index in [1.54, 1.807) is 18.2 Å². The van der Waals surface area contributed by atoms with E-state index in [-0.39, 0.29) is 11.7 Å². The van der Waals surface area contributed by atoms with Gasteiger partial charge in [0.25, 0.3) is 11.8 Å². The molecule has 0 aromatic heterocycles. The van der Waals surface area contributed by atoms with Crippen molar-refractivity contribution in [2.24, 2.45) is 0 Å². The average molecular weight is 420 g/mol. The largest absolute Gasteiger partial charge is 0.484 e. The summed E-state index contributed by atoms with van der Waals surface area (Å²) in [6.07, 6.45) is 1.06. The Hall–Kier alpha value is -2.64. The first-order valence-corrected chi connectivity index (χ1v) is 9.56. The second kappa shape index (κ2) is 10.6. The molecular weight excluding hydrogens is 398 g/mol. The molecular formula is C20H22ClN3O3S. The van der Waals surface area contributed by atoms with Gasteiger partial charge >= 0.3 is 0 Å². The Morgan fingerprint density at radius 1 is 1.14 bits per heavy atom. The van der Waals surface area contributed by atoms with Gasteiger partial charge in [0, 0.05) is 10.6 Å². The molecule has 28 heavy (non-hydrogen) atoms. The molecule has 8 heteroatoms. The fourth-order valence-corrected chi connectivity index (χ4v) is 2.61. The maximum Gasteiger partial charge on any atom is 0.276 e. The van der Waals surface area contributed by atoms with E-state index in [2.05, 4.69) is 30.0 Å². The van der Waals surface area contributed by atoms with Crippen LogP contribution in [0.4, 0.5) is 0 Å². The predicted molar refractivity (Wildman–Crippen MR) is 113 cm³/mol. The summed E-state index contributed by atoms with van der Waals surface area (Å²) in [4.78, 5) is 23.9. The molecule has 0 radical (unpaired) electrons. The summed E-state index contributed by atoms with van der Waals surface area (Å²) in [7, 11) is 0. The van der Waals surface area contributed by atoms with Gasteiger partial charge in [-0.3, -0.25) is 25.8 Å². The molecule has 0 bridgehead atoms. The van der Waals surface area contributed by atoms with E-state index in [9.17, 15) is 9.59 Å². The van der Waals surface area contributed by atoms with Crippen LogP contribution in [0.1, 0.15) is 42.1 Å². The van der Waals surface area contributed by atoms with Gasteiger partial charge in [0.05, 0.1) is 0 Å². The predicted octanol–water partition coefficient (Wildman–Crippen LogP) is 3.57. The highest BCUT2D eigenvalue weighted by molar-refractivity contribution is 7.80. The Kier molecular flexibility index (Phi) is 8.22. The minimum atomic E-state index is -0.439. The van der Waals surface area contributed by atoms with Crippen LogP contribution >= 0.6 is 23.8 Å². The third-order valence-electron chi connectivity index (χ3n) is 4.06. The third-order valence-corrected chi connectivity index (χ3v) is 4.50. The Labute approximate surface area is 174 Å². The van der Waals surface area contributed by atoms with Gasteiger partial charge in [0.1, 0.15) is 5.75 Å². The molecule has 0 fully saturated rings. The number of hydrogen-bond acceptors (Lipinski definition) is 4. The minimum absolute atomic E-state index is 0.0452. The van der Waals surface area contributed by atoms with Crippen molar-refractivity contribution in [2.45, 2.75) is 26.2 Å². The second-order valence-corrected chi connectivity index (χ2v) is 6.98. The van der Waals surface area contributed by atoms with E-state index in [4.69, 9.17) is 28.6 Å². The Morgan fingerprint density at radius 3 is 2.50 bits per heavy atom. The topological polar surface area (TPSA) is 79.5 Å². The van der Waals surface area contributed by atoms with Gasteiger partial charge in [0.2, 0.25) is 0 Å². The molecule has 1 atom stereocenters. The van der Waals surface area contributed by atoms with Gasteiger partial charge in [0.15, 0.2) is 11.7 Å². The number of ether oxygens (including phenoxy) is 1. The van der Waals surface area contributed by atoms with Crippen LogP contribution in [0.5, 0.6) is 5.75 Å². The minimum Gasteiger partial charge on any atom is -0.484 e. The lowest BCUT2D eigenvalue weighted by atomic mass is 9.99. The summed E-state index contributed by atoms with van der Waals surface area (Å²) in [5.74, 6) is 0.195. The summed E-state index contributed by atoms with van der Waals surface area (Å²) < 4.78 is 5.43. The summed E-state index contributed by atoms with van der Waals surface area (Å²) >= 11 is 10.8. The van der Waals surface area contributed by atoms with E-state index in [0.29, 0.717) is 22.3 Å². The number of nitrogens with one attached hydrogen (secondary N) is 3. The molecule has 0 saturated carbocycles. The zero-order chi connectivity index (χ0) is 20.5. The monoisotopic (exact) mass is 419 g/mol. The van der Waals surface area contributed by atoms with Crippen LogP contribution in [0.25, 0.3) is 0 Å². The van der Waals surface area contributed by atoms with E-state index in [1.165, 1.54) is 11.6 Å². The van der Waals surface area contributed by atoms with Crippen LogP contribution in [-0.4, -0.2) is 23.5 Å². The number of halogens is 1. The molecule has 3 N–H and O–H groups in total. The molecule has 1 unspecified atom stereocenters. The van der Waals surface area contributed by atoms with Crippen molar-refractivity contribution in [1.82, 2.24) is 16.2 Å². The van der Waals surface area contributed by atoms with Crippen molar-refractivity contribution in [3.8, 4) is 5.75 Å². The van der Waals surface area contributed by atoms with E-state index in [1.807, 2.05) is 24.3 Å². The third kappa shape index (κ3) is 6.83. The van der Waals surface area contributed by atoms with Crippen LogP contribution < -0.4 is 20.9 Å². The van der Waals surface area contributed by atoms with E-state index < -0.39 is 11.8 Å². The van der Waals surface area contributed by atoms with Crippen molar-refractivity contribution in [1.29, 1.82) is 0 Å². The first kappa shape index (κ1) is 21.7. The van der Waals surface area contributed by atoms with Crippen molar-refractivity contribution < 1.29 is 14.3 Å². The first-order valence-electron chi connectivity index (χ1n) is 8.77. The molecule has 148 valence electrons. The Balaban J connectivity index is 1.73. The molecule has 2 aromatic rings. The standard InChI is InChI=1S/C20H22ClN3O3S/c1-3-13(2)14-7-9-17(10-8-14)27-12-18(25)23-24-20(28)22-19(26)15-5-4-6-16(21)11-15/h4-11,13H,3,12H2,1-2H3,(H,23,25)(H2,22,24,26,28). The Morgan fingerprint density at radius 2 is 1.86 bits per heavy atom. The lowest BCUT2D eigenvalue weighted by molar-refractivity contribution is -0.123. The van der Waals surface area contributed by atoms with Crippen LogP contribution in [0, 0.1) is 0 Å². The first-order chi connectivity index (χ1) is 13.4. The van der Waals surface area contributed by atoms with Gasteiger partial charge in [-0.2, -0.15) is 0 Å². The normalized spacial score (nSPS) is 11.2. The van der Waals surface area contributed by atoms with Gasteiger partial charge in [-0.25, -0.2) is 0 Å². The number of benzene rings is 2. The van der Waals surface area contributed by atoms with Gasteiger partial charge < -0.3 is 4.74 Å². The highest BCUT2D eigenvalue weighted by Gasteiger charge is 2.09. The number of rotatable bonds is 6. The summed E-state index contributed by atoms with van der Waals surface area (Å²) in [5, 5.41) is 2.84. The molecule has 0 aliphatic rings. The van der Waals surface area contributed by atoms with Crippen molar-refractivity contribution in [2.75, 3.05) is 6.61 Å². The fraction of sp³-hybridized carbons (Fsp3) is 0.250. The molecule has 2 rings (SSSR count). The van der Waals surface area contributed by atoms with Gasteiger partial charge in [-0.05, 0) is 60.5 Å². The molecule has 0 heterocycles. The van der Waals surface area contributed by atoms with Crippen LogP contribution in [0.2, 0.25) is 5.02 Å². The Bertz CT molecular complexity index is 843. The van der Waals surface area contributed by atoms with Crippen molar-refractivity contribution in [3.63, 3.8) is 0 Å². The zero-order valence-electron chi connectivity index (χ0n) is 15.6. The number of thiocarbonyl (C=S) groups is 1. The molecule has 6 nitrogen and oxygen atoms in total. The summed E-state index contributed by atoms with van der Waals surface area (Å²) in [6.45, 7) is 4.10. The van der Waals surface area contributed by atoms with E-state index >= 15 is 0 Å². The quantitative estimate of drug-likeness (QED) is 0.492. The fourth-order valence-electron chi connectivity index (χ4n) is 2.28. The number of amides is 2. The zero-order valence-corrected chi connectivity index (χ0v) is 17.2. The van der Waals surface area contributed by atoms with Crippen molar-refractivity contribution in [3.05, 3.63) is 64.7 Å².